The van der Waals surface area contributed by atoms with Crippen LogP contribution in [0, 0.1) is 5.92 Å². The Morgan fingerprint density at radius 3 is 2.59 bits per heavy atom. The Hall–Kier alpha value is -2.89. The number of fused-ring (bicyclic) bond motifs is 1. The Morgan fingerprint density at radius 2 is 1.81 bits per heavy atom. The molecule has 164 valence electrons. The van der Waals surface area contributed by atoms with Crippen LogP contribution in [0.5, 0.6) is 17.2 Å². The summed E-state index contributed by atoms with van der Waals surface area (Å²) in [7, 11) is 1.65. The largest absolute Gasteiger partial charge is 0.497 e. The van der Waals surface area contributed by atoms with E-state index in [4.69, 9.17) is 42.3 Å². The molecular weight excluding hydrogens is 449 g/mol. The van der Waals surface area contributed by atoms with Gasteiger partial charge in [-0.05, 0) is 72.0 Å². The van der Waals surface area contributed by atoms with Crippen molar-refractivity contribution in [3.8, 4) is 17.2 Å². The number of oxime groups is 1. The average Bonchev–Trinajstić information content (AvgIpc) is 3.45. The summed E-state index contributed by atoms with van der Waals surface area (Å²) in [6, 6.07) is 19.3. The molecule has 0 aromatic heterocycles. The molecule has 3 aromatic rings. The third kappa shape index (κ3) is 4.36. The number of hydrogen-bond acceptors (Lipinski definition) is 5. The fraction of sp³-hybridized carbons (Fsp3) is 0.240. The molecule has 0 saturated heterocycles. The van der Waals surface area contributed by atoms with Gasteiger partial charge >= 0.3 is 0 Å². The van der Waals surface area contributed by atoms with E-state index < -0.39 is 0 Å². The number of rotatable bonds is 7. The van der Waals surface area contributed by atoms with Crippen molar-refractivity contribution in [1.29, 1.82) is 0 Å². The minimum atomic E-state index is 0.240. The molecule has 0 bridgehead atoms. The standard InChI is InChI=1S/C25H21Cl2NO4/c1-29-19-7-3-15(4-8-19)25(28-32-13-17-2-6-18(26)11-22(17)27)21-12-20(21)16-5-9-23-24(10-16)31-14-30-23/h2-11,20-21H,12-14H2,1H3/b28-25+. The lowest BCUT2D eigenvalue weighted by Crippen LogP contribution is -2.07. The predicted octanol–water partition coefficient (Wildman–Crippen LogP) is 6.46. The molecule has 5 nitrogen and oxygen atoms in total. The van der Waals surface area contributed by atoms with Crippen LogP contribution in [-0.4, -0.2) is 19.6 Å². The van der Waals surface area contributed by atoms with Gasteiger partial charge in [0, 0.05) is 21.5 Å². The highest BCUT2D eigenvalue weighted by atomic mass is 35.5. The highest BCUT2D eigenvalue weighted by molar-refractivity contribution is 6.35. The summed E-state index contributed by atoms with van der Waals surface area (Å²) in [5.74, 6) is 2.96. The first-order chi connectivity index (χ1) is 15.6. The predicted molar refractivity (Wildman–Crippen MR) is 124 cm³/mol. The average molecular weight is 470 g/mol. The molecule has 1 aliphatic heterocycles. The highest BCUT2D eigenvalue weighted by Gasteiger charge is 2.43. The molecule has 0 spiro atoms. The molecule has 7 heteroatoms. The lowest BCUT2D eigenvalue weighted by Gasteiger charge is -2.10. The van der Waals surface area contributed by atoms with E-state index in [1.165, 1.54) is 5.56 Å². The van der Waals surface area contributed by atoms with Crippen LogP contribution in [0.1, 0.15) is 29.0 Å². The van der Waals surface area contributed by atoms with Gasteiger partial charge in [0.25, 0.3) is 0 Å². The number of ether oxygens (including phenoxy) is 3. The third-order valence-electron chi connectivity index (χ3n) is 5.75. The second-order valence-electron chi connectivity index (χ2n) is 7.78. The van der Waals surface area contributed by atoms with Gasteiger partial charge in [-0.15, -0.1) is 0 Å². The van der Waals surface area contributed by atoms with Crippen molar-refractivity contribution in [3.05, 3.63) is 87.4 Å². The molecule has 2 atom stereocenters. The van der Waals surface area contributed by atoms with E-state index in [9.17, 15) is 0 Å². The summed E-state index contributed by atoms with van der Waals surface area (Å²) in [6.07, 6.45) is 0.982. The molecule has 32 heavy (non-hydrogen) atoms. The van der Waals surface area contributed by atoms with Gasteiger partial charge in [-0.1, -0.05) is 40.5 Å². The van der Waals surface area contributed by atoms with Crippen LogP contribution in [0.3, 0.4) is 0 Å². The van der Waals surface area contributed by atoms with Gasteiger partial charge in [0.05, 0.1) is 12.8 Å². The smallest absolute Gasteiger partial charge is 0.231 e. The first kappa shape index (κ1) is 21.0. The van der Waals surface area contributed by atoms with Crippen LogP contribution in [0.4, 0.5) is 0 Å². The minimum Gasteiger partial charge on any atom is -0.497 e. The molecule has 3 aromatic carbocycles. The fourth-order valence-corrected chi connectivity index (χ4v) is 4.38. The normalized spacial score (nSPS) is 19.0. The summed E-state index contributed by atoms with van der Waals surface area (Å²) in [6.45, 7) is 0.531. The van der Waals surface area contributed by atoms with Crippen molar-refractivity contribution >= 4 is 28.9 Å². The first-order valence-electron chi connectivity index (χ1n) is 10.3. The van der Waals surface area contributed by atoms with Crippen molar-refractivity contribution in [2.75, 3.05) is 13.9 Å². The second kappa shape index (κ2) is 8.93. The zero-order valence-electron chi connectivity index (χ0n) is 17.4. The van der Waals surface area contributed by atoms with E-state index in [1.807, 2.05) is 36.4 Å². The number of methoxy groups -OCH3 is 1. The Kier molecular flexibility index (Phi) is 5.85. The van der Waals surface area contributed by atoms with Crippen LogP contribution in [0.25, 0.3) is 0 Å². The van der Waals surface area contributed by atoms with Crippen molar-refractivity contribution in [2.45, 2.75) is 18.9 Å². The van der Waals surface area contributed by atoms with Gasteiger partial charge in [0.2, 0.25) is 6.79 Å². The van der Waals surface area contributed by atoms with Crippen molar-refractivity contribution in [2.24, 2.45) is 11.1 Å². The van der Waals surface area contributed by atoms with Gasteiger partial charge < -0.3 is 19.0 Å². The van der Waals surface area contributed by atoms with Crippen LogP contribution < -0.4 is 14.2 Å². The van der Waals surface area contributed by atoms with Crippen LogP contribution in [-0.2, 0) is 11.4 Å². The van der Waals surface area contributed by atoms with Gasteiger partial charge in [-0.25, -0.2) is 0 Å². The van der Waals surface area contributed by atoms with E-state index >= 15 is 0 Å². The summed E-state index contributed by atoms with van der Waals surface area (Å²) in [4.78, 5) is 5.76. The summed E-state index contributed by atoms with van der Waals surface area (Å²) >= 11 is 12.3. The molecular formula is C25H21Cl2NO4. The maximum absolute atomic E-state index is 6.27. The number of benzene rings is 3. The summed E-state index contributed by atoms with van der Waals surface area (Å²) < 4.78 is 16.3. The van der Waals surface area contributed by atoms with E-state index in [1.54, 1.807) is 19.2 Å². The highest BCUT2D eigenvalue weighted by Crippen LogP contribution is 2.51. The van der Waals surface area contributed by atoms with E-state index in [0.717, 1.165) is 40.5 Å². The zero-order chi connectivity index (χ0) is 22.1. The minimum absolute atomic E-state index is 0.240. The first-order valence-corrected chi connectivity index (χ1v) is 11.1. The molecule has 2 unspecified atom stereocenters. The summed E-state index contributed by atoms with van der Waals surface area (Å²) in [5.41, 5.74) is 3.94. The lowest BCUT2D eigenvalue weighted by molar-refractivity contribution is 0.130. The number of hydrogen-bond donors (Lipinski definition) is 0. The molecule has 1 aliphatic carbocycles. The van der Waals surface area contributed by atoms with E-state index in [2.05, 4.69) is 17.3 Å². The topological polar surface area (TPSA) is 49.3 Å². The SMILES string of the molecule is COc1ccc(/C(=N\OCc2ccc(Cl)cc2Cl)C2CC2c2ccc3c(c2)OCO3)cc1. The fourth-order valence-electron chi connectivity index (χ4n) is 3.92. The lowest BCUT2D eigenvalue weighted by atomic mass is 10.0. The van der Waals surface area contributed by atoms with E-state index in [0.29, 0.717) is 16.0 Å². The van der Waals surface area contributed by atoms with Crippen molar-refractivity contribution in [3.63, 3.8) is 0 Å². The Morgan fingerprint density at radius 1 is 1.00 bits per heavy atom. The molecule has 5 rings (SSSR count). The number of nitrogens with zero attached hydrogens (tertiary/aromatic N) is 1. The van der Waals surface area contributed by atoms with Gasteiger partial charge in [0.15, 0.2) is 11.5 Å². The van der Waals surface area contributed by atoms with Gasteiger partial charge in [-0.2, -0.15) is 0 Å². The Labute approximate surface area is 196 Å². The maximum Gasteiger partial charge on any atom is 0.231 e. The molecule has 2 aliphatic rings. The maximum atomic E-state index is 6.27. The second-order valence-corrected chi connectivity index (χ2v) is 8.62. The van der Waals surface area contributed by atoms with Crippen molar-refractivity contribution < 1.29 is 19.0 Å². The van der Waals surface area contributed by atoms with Crippen LogP contribution in [0.15, 0.2) is 65.8 Å². The monoisotopic (exact) mass is 469 g/mol. The van der Waals surface area contributed by atoms with Gasteiger partial charge in [0.1, 0.15) is 12.4 Å². The quantitative estimate of drug-likeness (QED) is 0.294. The van der Waals surface area contributed by atoms with Crippen molar-refractivity contribution in [1.82, 2.24) is 0 Å². The number of halogens is 2. The van der Waals surface area contributed by atoms with Gasteiger partial charge in [-0.3, -0.25) is 0 Å². The molecule has 0 radical (unpaired) electrons. The summed E-state index contributed by atoms with van der Waals surface area (Å²) in [5, 5.41) is 5.69. The molecule has 1 saturated carbocycles. The molecule has 1 heterocycles. The van der Waals surface area contributed by atoms with Crippen LogP contribution >= 0.6 is 23.2 Å². The molecule has 1 fully saturated rings. The van der Waals surface area contributed by atoms with E-state index in [-0.39, 0.29) is 19.3 Å². The zero-order valence-corrected chi connectivity index (χ0v) is 18.9. The Balaban J connectivity index is 1.38. The van der Waals surface area contributed by atoms with Crippen LogP contribution in [0.2, 0.25) is 10.0 Å². The third-order valence-corrected chi connectivity index (χ3v) is 6.34. The molecule has 0 amide bonds. The Bertz CT molecular complexity index is 1160. The molecule has 0 N–H and O–H groups in total.